The number of nitro groups is 1. The van der Waals surface area contributed by atoms with Gasteiger partial charge < -0.3 is 26.4 Å². The summed E-state index contributed by atoms with van der Waals surface area (Å²) in [7, 11) is 0. The highest BCUT2D eigenvalue weighted by Gasteiger charge is 2.24. The summed E-state index contributed by atoms with van der Waals surface area (Å²) in [6.45, 7) is -0.429. The molecule has 0 radical (unpaired) electrons. The van der Waals surface area contributed by atoms with Crippen LogP contribution < -0.4 is 11.1 Å². The van der Waals surface area contributed by atoms with Crippen molar-refractivity contribution in [2.75, 3.05) is 37.4 Å². The van der Waals surface area contributed by atoms with Crippen molar-refractivity contribution in [2.45, 2.75) is 12.8 Å². The van der Waals surface area contributed by atoms with E-state index in [4.69, 9.17) is 21.1 Å². The van der Waals surface area contributed by atoms with Crippen LogP contribution in [0.25, 0.3) is 0 Å². The summed E-state index contributed by atoms with van der Waals surface area (Å²) >= 11 is 0. The number of anilines is 2. The highest BCUT2D eigenvalue weighted by molar-refractivity contribution is 5.75. The van der Waals surface area contributed by atoms with Crippen molar-refractivity contribution in [3.05, 3.63) is 27.3 Å². The van der Waals surface area contributed by atoms with Crippen molar-refractivity contribution >= 4 is 17.1 Å². The highest BCUT2D eigenvalue weighted by Crippen LogP contribution is 2.36. The quantitative estimate of drug-likeness (QED) is 0.249. The van der Waals surface area contributed by atoms with Crippen molar-refractivity contribution in [1.82, 2.24) is 0 Å². The molecular weight excluding hydrogens is 266 g/mol. The number of nitrogens with zero attached hydrogens (tertiary/aromatic N) is 1. The maximum absolute atomic E-state index is 11.2. The summed E-state index contributed by atoms with van der Waals surface area (Å²) in [6.07, 6.45) is 0.311. The molecule has 0 aliphatic rings. The monoisotopic (exact) mass is 285 g/mol. The third-order valence-corrected chi connectivity index (χ3v) is 2.88. The van der Waals surface area contributed by atoms with Crippen LogP contribution >= 0.6 is 0 Å². The molecule has 1 aromatic carbocycles. The molecule has 0 aromatic heterocycles. The highest BCUT2D eigenvalue weighted by atomic mass is 16.6. The van der Waals surface area contributed by atoms with Crippen LogP contribution in [0.1, 0.15) is 11.1 Å². The fourth-order valence-corrected chi connectivity index (χ4v) is 2.03. The van der Waals surface area contributed by atoms with Gasteiger partial charge in [-0.3, -0.25) is 10.1 Å². The first-order valence-corrected chi connectivity index (χ1v) is 6.21. The largest absolute Gasteiger partial charge is 0.398 e. The average molecular weight is 285 g/mol. The van der Waals surface area contributed by atoms with E-state index in [0.29, 0.717) is 5.56 Å². The summed E-state index contributed by atoms with van der Waals surface area (Å²) in [5.74, 6) is 0. The molecule has 0 bridgehead atoms. The van der Waals surface area contributed by atoms with Crippen molar-refractivity contribution in [3.8, 4) is 0 Å². The zero-order chi connectivity index (χ0) is 15.1. The normalized spacial score (nSPS) is 10.6. The molecule has 0 fully saturated rings. The Kier molecular flexibility index (Phi) is 6.16. The van der Waals surface area contributed by atoms with E-state index in [-0.39, 0.29) is 61.8 Å². The molecular formula is C12H19N3O5. The lowest BCUT2D eigenvalue weighted by molar-refractivity contribution is -0.384. The fourth-order valence-electron chi connectivity index (χ4n) is 2.03. The predicted molar refractivity (Wildman–Crippen MR) is 74.7 cm³/mol. The Hall–Kier alpha value is -1.90. The number of hydrogen-bond acceptors (Lipinski definition) is 7. The zero-order valence-electron chi connectivity index (χ0n) is 11.0. The van der Waals surface area contributed by atoms with Crippen LogP contribution in [0.15, 0.2) is 6.07 Å². The van der Waals surface area contributed by atoms with Crippen LogP contribution in [-0.2, 0) is 12.8 Å². The van der Waals surface area contributed by atoms with E-state index >= 15 is 0 Å². The maximum Gasteiger partial charge on any atom is 0.297 e. The molecule has 0 unspecified atom stereocenters. The second-order valence-electron chi connectivity index (χ2n) is 4.18. The Morgan fingerprint density at radius 1 is 1.20 bits per heavy atom. The number of hydrogen-bond donors (Lipinski definition) is 5. The molecule has 0 heterocycles. The Balaban J connectivity index is 3.41. The summed E-state index contributed by atoms with van der Waals surface area (Å²) < 4.78 is 0. The molecule has 1 aromatic rings. The van der Waals surface area contributed by atoms with Crippen LogP contribution in [0.5, 0.6) is 0 Å². The van der Waals surface area contributed by atoms with E-state index in [1.807, 2.05) is 0 Å². The second-order valence-corrected chi connectivity index (χ2v) is 4.18. The van der Waals surface area contributed by atoms with Crippen LogP contribution in [-0.4, -0.2) is 46.6 Å². The molecule has 0 aliphatic carbocycles. The van der Waals surface area contributed by atoms with E-state index < -0.39 is 4.92 Å². The van der Waals surface area contributed by atoms with Crippen molar-refractivity contribution in [1.29, 1.82) is 0 Å². The minimum absolute atomic E-state index is 0.0508. The lowest BCUT2D eigenvalue weighted by Crippen LogP contribution is -2.13. The molecule has 6 N–H and O–H groups in total. The standard InChI is InChI=1S/C12H19N3O5/c13-11-8(1-4-16)7-10(14-3-6-18)12(15(19)20)9(11)2-5-17/h7,14,16-18H,1-6,13H2. The van der Waals surface area contributed by atoms with Crippen molar-refractivity contribution < 1.29 is 20.2 Å². The number of nitrogens with two attached hydrogens (primary N) is 1. The van der Waals surface area contributed by atoms with Gasteiger partial charge in [0.25, 0.3) is 5.69 Å². The minimum atomic E-state index is -0.566. The van der Waals surface area contributed by atoms with Gasteiger partial charge in [0.1, 0.15) is 5.69 Å². The lowest BCUT2D eigenvalue weighted by atomic mass is 9.99. The molecule has 112 valence electrons. The van der Waals surface area contributed by atoms with Gasteiger partial charge in [-0.05, 0) is 18.1 Å². The number of aliphatic hydroxyl groups is 3. The fraction of sp³-hybridized carbons (Fsp3) is 0.500. The van der Waals surface area contributed by atoms with Gasteiger partial charge in [0.15, 0.2) is 0 Å². The van der Waals surface area contributed by atoms with Crippen molar-refractivity contribution in [3.63, 3.8) is 0 Å². The van der Waals surface area contributed by atoms with Crippen molar-refractivity contribution in [2.24, 2.45) is 0 Å². The number of nitrogen functional groups attached to an aromatic ring is 1. The van der Waals surface area contributed by atoms with Gasteiger partial charge in [0.05, 0.1) is 17.1 Å². The van der Waals surface area contributed by atoms with Gasteiger partial charge in [-0.15, -0.1) is 0 Å². The molecule has 0 spiro atoms. The topological polar surface area (TPSA) is 142 Å². The Bertz CT molecular complexity index is 479. The first-order chi connectivity index (χ1) is 9.56. The molecule has 0 atom stereocenters. The molecule has 0 saturated heterocycles. The predicted octanol–water partition coefficient (Wildman–Crippen LogP) is -0.349. The van der Waals surface area contributed by atoms with E-state index in [1.165, 1.54) is 6.07 Å². The smallest absolute Gasteiger partial charge is 0.297 e. The third kappa shape index (κ3) is 3.56. The number of benzene rings is 1. The van der Waals surface area contributed by atoms with Crippen LogP contribution in [0, 0.1) is 10.1 Å². The first-order valence-electron chi connectivity index (χ1n) is 6.21. The zero-order valence-corrected chi connectivity index (χ0v) is 11.0. The molecule has 0 amide bonds. The van der Waals surface area contributed by atoms with Gasteiger partial charge in [-0.2, -0.15) is 0 Å². The van der Waals surface area contributed by atoms with E-state index in [0.717, 1.165) is 0 Å². The second kappa shape index (κ2) is 7.63. The third-order valence-electron chi connectivity index (χ3n) is 2.88. The minimum Gasteiger partial charge on any atom is -0.398 e. The molecule has 8 nitrogen and oxygen atoms in total. The van der Waals surface area contributed by atoms with Crippen LogP contribution in [0.2, 0.25) is 0 Å². The lowest BCUT2D eigenvalue weighted by Gasteiger charge is -2.15. The summed E-state index contributed by atoms with van der Waals surface area (Å²) in [6, 6.07) is 1.50. The van der Waals surface area contributed by atoms with Gasteiger partial charge in [-0.25, -0.2) is 0 Å². The number of nitro benzene ring substituents is 1. The van der Waals surface area contributed by atoms with Gasteiger partial charge in [0, 0.05) is 31.9 Å². The SMILES string of the molecule is Nc1c(CCO)cc(NCCO)c([N+](=O)[O-])c1CCO. The Morgan fingerprint density at radius 2 is 1.85 bits per heavy atom. The van der Waals surface area contributed by atoms with E-state index in [9.17, 15) is 10.1 Å². The molecule has 0 aliphatic heterocycles. The van der Waals surface area contributed by atoms with E-state index in [2.05, 4.69) is 5.32 Å². The average Bonchev–Trinajstić information content (AvgIpc) is 2.41. The molecule has 0 saturated carbocycles. The molecule has 8 heteroatoms. The summed E-state index contributed by atoms with van der Waals surface area (Å²) in [5, 5.41) is 40.9. The number of rotatable bonds is 8. The van der Waals surface area contributed by atoms with Gasteiger partial charge >= 0.3 is 0 Å². The molecule has 1 rings (SSSR count). The summed E-state index contributed by atoms with van der Waals surface area (Å²) in [4.78, 5) is 10.7. The van der Waals surface area contributed by atoms with E-state index in [1.54, 1.807) is 0 Å². The Labute approximate surface area is 116 Å². The van der Waals surface area contributed by atoms with Crippen LogP contribution in [0.3, 0.4) is 0 Å². The number of nitrogens with one attached hydrogen (secondary N) is 1. The van der Waals surface area contributed by atoms with Gasteiger partial charge in [-0.1, -0.05) is 0 Å². The van der Waals surface area contributed by atoms with Gasteiger partial charge in [0.2, 0.25) is 0 Å². The first kappa shape index (κ1) is 16.2. The number of aliphatic hydroxyl groups excluding tert-OH is 3. The van der Waals surface area contributed by atoms with Crippen LogP contribution in [0.4, 0.5) is 17.1 Å². The summed E-state index contributed by atoms with van der Waals surface area (Å²) in [5.41, 5.74) is 6.94. The maximum atomic E-state index is 11.2. The molecule has 20 heavy (non-hydrogen) atoms. The Morgan fingerprint density at radius 3 is 2.35 bits per heavy atom.